The van der Waals surface area contributed by atoms with E-state index in [4.69, 9.17) is 4.42 Å². The average molecular weight is 222 g/mol. The number of ketones is 1. The van der Waals surface area contributed by atoms with Gasteiger partial charge in [0.05, 0.1) is 0 Å². The Bertz CT molecular complexity index is 373. The van der Waals surface area contributed by atoms with Gasteiger partial charge in [0.15, 0.2) is 17.4 Å². The molecule has 0 bridgehead atoms. The second-order valence-corrected chi connectivity index (χ2v) is 4.34. The summed E-state index contributed by atoms with van der Waals surface area (Å²) in [5.74, 6) is 1.26. The minimum Gasteiger partial charge on any atom is -0.437 e. The van der Waals surface area contributed by atoms with Crippen LogP contribution >= 0.6 is 0 Å². The van der Waals surface area contributed by atoms with E-state index in [1.54, 1.807) is 6.07 Å². The van der Waals surface area contributed by atoms with Crippen LogP contribution in [-0.4, -0.2) is 43.9 Å². The molecule has 0 unspecified atom stereocenters. The van der Waals surface area contributed by atoms with E-state index in [2.05, 4.69) is 16.8 Å². The van der Waals surface area contributed by atoms with Crippen LogP contribution in [0.15, 0.2) is 16.5 Å². The predicted octanol–water partition coefficient (Wildman–Crippen LogP) is 1.62. The quantitative estimate of drug-likeness (QED) is 0.713. The van der Waals surface area contributed by atoms with Crippen LogP contribution in [0.25, 0.3) is 0 Å². The van der Waals surface area contributed by atoms with E-state index in [9.17, 15) is 4.79 Å². The summed E-state index contributed by atoms with van der Waals surface area (Å²) >= 11 is 0. The van der Waals surface area contributed by atoms with E-state index in [-0.39, 0.29) is 5.78 Å². The first-order valence-electron chi connectivity index (χ1n) is 5.71. The second-order valence-electron chi connectivity index (χ2n) is 4.34. The van der Waals surface area contributed by atoms with Crippen molar-refractivity contribution in [1.29, 1.82) is 0 Å². The first kappa shape index (κ1) is 11.2. The fourth-order valence-corrected chi connectivity index (χ4v) is 1.95. The van der Waals surface area contributed by atoms with Gasteiger partial charge in [-0.3, -0.25) is 4.79 Å². The summed E-state index contributed by atoms with van der Waals surface area (Å²) in [5, 5.41) is 0. The molecule has 1 aliphatic heterocycles. The van der Waals surface area contributed by atoms with Gasteiger partial charge in [0.25, 0.3) is 0 Å². The Morgan fingerprint density at radius 2 is 2.06 bits per heavy atom. The summed E-state index contributed by atoms with van der Waals surface area (Å²) in [6, 6.07) is 3.65. The molecule has 4 heteroatoms. The molecule has 0 amide bonds. The maximum atomic E-state index is 11.1. The number of nitrogens with zero attached hydrogens (tertiary/aromatic N) is 2. The van der Waals surface area contributed by atoms with Crippen LogP contribution in [0.4, 0.5) is 5.88 Å². The van der Waals surface area contributed by atoms with Crippen LogP contribution in [0.2, 0.25) is 0 Å². The van der Waals surface area contributed by atoms with Crippen LogP contribution in [-0.2, 0) is 0 Å². The molecule has 1 aliphatic rings. The van der Waals surface area contributed by atoms with Gasteiger partial charge < -0.3 is 14.2 Å². The molecule has 0 spiro atoms. The van der Waals surface area contributed by atoms with Crippen molar-refractivity contribution in [3.63, 3.8) is 0 Å². The van der Waals surface area contributed by atoms with Crippen LogP contribution < -0.4 is 4.90 Å². The first-order valence-corrected chi connectivity index (χ1v) is 5.71. The Morgan fingerprint density at radius 3 is 2.75 bits per heavy atom. The molecule has 1 fully saturated rings. The molecule has 4 nitrogen and oxygen atoms in total. The molecular weight excluding hydrogens is 204 g/mol. The van der Waals surface area contributed by atoms with Crippen molar-refractivity contribution in [2.45, 2.75) is 13.3 Å². The van der Waals surface area contributed by atoms with Gasteiger partial charge in [0, 0.05) is 32.6 Å². The van der Waals surface area contributed by atoms with Gasteiger partial charge in [-0.2, -0.15) is 0 Å². The molecule has 0 aliphatic carbocycles. The number of anilines is 1. The van der Waals surface area contributed by atoms with Gasteiger partial charge in [-0.25, -0.2) is 0 Å². The van der Waals surface area contributed by atoms with Crippen LogP contribution in [0.1, 0.15) is 23.9 Å². The fraction of sp³-hybridized carbons (Fsp3) is 0.583. The molecule has 1 aromatic rings. The van der Waals surface area contributed by atoms with Crippen LogP contribution in [0.3, 0.4) is 0 Å². The van der Waals surface area contributed by atoms with Gasteiger partial charge in [-0.05, 0) is 26.1 Å². The average Bonchev–Trinajstić information content (AvgIpc) is 2.63. The lowest BCUT2D eigenvalue weighted by Crippen LogP contribution is -2.28. The van der Waals surface area contributed by atoms with Crippen molar-refractivity contribution in [2.24, 2.45) is 0 Å². The SMILES string of the molecule is CC(=O)c1ccc(N2CCCN(C)CC2)o1. The van der Waals surface area contributed by atoms with E-state index < -0.39 is 0 Å². The lowest BCUT2D eigenvalue weighted by atomic mass is 10.3. The van der Waals surface area contributed by atoms with Gasteiger partial charge in [0.1, 0.15) is 0 Å². The lowest BCUT2D eigenvalue weighted by Gasteiger charge is -2.19. The largest absolute Gasteiger partial charge is 0.437 e. The number of rotatable bonds is 2. The maximum Gasteiger partial charge on any atom is 0.196 e. The summed E-state index contributed by atoms with van der Waals surface area (Å²) in [7, 11) is 2.13. The molecule has 2 rings (SSSR count). The highest BCUT2D eigenvalue weighted by Gasteiger charge is 2.16. The highest BCUT2D eigenvalue weighted by Crippen LogP contribution is 2.20. The van der Waals surface area contributed by atoms with E-state index in [1.807, 2.05) is 6.07 Å². The zero-order valence-corrected chi connectivity index (χ0v) is 9.90. The first-order chi connectivity index (χ1) is 7.66. The molecular formula is C12H18N2O2. The highest BCUT2D eigenvalue weighted by molar-refractivity contribution is 5.91. The van der Waals surface area contributed by atoms with Gasteiger partial charge in [-0.1, -0.05) is 0 Å². The molecule has 0 N–H and O–H groups in total. The van der Waals surface area contributed by atoms with Crippen molar-refractivity contribution in [3.05, 3.63) is 17.9 Å². The minimum atomic E-state index is -0.0156. The van der Waals surface area contributed by atoms with E-state index in [0.717, 1.165) is 38.5 Å². The maximum absolute atomic E-state index is 11.1. The molecule has 88 valence electrons. The van der Waals surface area contributed by atoms with Crippen molar-refractivity contribution in [3.8, 4) is 0 Å². The summed E-state index contributed by atoms with van der Waals surface area (Å²) in [6.07, 6.45) is 1.13. The Kier molecular flexibility index (Phi) is 3.29. The summed E-state index contributed by atoms with van der Waals surface area (Å²) < 4.78 is 5.53. The normalized spacial score (nSPS) is 18.5. The Morgan fingerprint density at radius 1 is 1.25 bits per heavy atom. The molecule has 2 heterocycles. The standard InChI is InChI=1S/C12H18N2O2/c1-10(15)11-4-5-12(16-11)14-7-3-6-13(2)8-9-14/h4-5H,3,6-9H2,1-2H3. The molecule has 0 atom stereocenters. The molecule has 1 saturated heterocycles. The Labute approximate surface area is 95.8 Å². The number of hydrogen-bond donors (Lipinski definition) is 0. The Hall–Kier alpha value is -1.29. The number of hydrogen-bond acceptors (Lipinski definition) is 4. The molecule has 0 aromatic carbocycles. The third kappa shape index (κ3) is 2.44. The van der Waals surface area contributed by atoms with E-state index in [0.29, 0.717) is 5.76 Å². The molecule has 0 radical (unpaired) electrons. The summed E-state index contributed by atoms with van der Waals surface area (Å²) in [6.45, 7) is 5.64. The number of carbonyl (C=O) groups is 1. The number of furan rings is 1. The third-order valence-electron chi connectivity index (χ3n) is 2.97. The molecule has 16 heavy (non-hydrogen) atoms. The monoisotopic (exact) mass is 222 g/mol. The highest BCUT2D eigenvalue weighted by atomic mass is 16.4. The van der Waals surface area contributed by atoms with E-state index in [1.165, 1.54) is 6.92 Å². The second kappa shape index (κ2) is 4.70. The van der Waals surface area contributed by atoms with Gasteiger partial charge in [-0.15, -0.1) is 0 Å². The van der Waals surface area contributed by atoms with Gasteiger partial charge in [0.2, 0.25) is 0 Å². The van der Waals surface area contributed by atoms with Crippen molar-refractivity contribution >= 4 is 11.7 Å². The summed E-state index contributed by atoms with van der Waals surface area (Å²) in [4.78, 5) is 15.7. The zero-order valence-electron chi connectivity index (χ0n) is 9.90. The van der Waals surface area contributed by atoms with Gasteiger partial charge >= 0.3 is 0 Å². The molecule has 0 saturated carbocycles. The summed E-state index contributed by atoms with van der Waals surface area (Å²) in [5.41, 5.74) is 0. The van der Waals surface area contributed by atoms with E-state index >= 15 is 0 Å². The topological polar surface area (TPSA) is 36.7 Å². The third-order valence-corrected chi connectivity index (χ3v) is 2.97. The van der Waals surface area contributed by atoms with Crippen LogP contribution in [0.5, 0.6) is 0 Å². The lowest BCUT2D eigenvalue weighted by molar-refractivity contribution is 0.0988. The fourth-order valence-electron chi connectivity index (χ4n) is 1.95. The number of carbonyl (C=O) groups excluding carboxylic acids is 1. The molecule has 1 aromatic heterocycles. The zero-order chi connectivity index (χ0) is 11.5. The smallest absolute Gasteiger partial charge is 0.196 e. The van der Waals surface area contributed by atoms with Crippen LogP contribution in [0, 0.1) is 0 Å². The van der Waals surface area contributed by atoms with Crippen molar-refractivity contribution < 1.29 is 9.21 Å². The predicted molar refractivity (Wildman–Crippen MR) is 63.0 cm³/mol. The number of Topliss-reactive ketones (excluding diaryl/α,β-unsaturated/α-hetero) is 1. The van der Waals surface area contributed by atoms with Crippen molar-refractivity contribution in [2.75, 3.05) is 38.1 Å². The number of likely N-dealkylation sites (N-methyl/N-ethyl adjacent to an activating group) is 1. The Balaban J connectivity index is 2.07. The van der Waals surface area contributed by atoms with Crippen molar-refractivity contribution in [1.82, 2.24) is 4.90 Å². The minimum absolute atomic E-state index is 0.0156.